The number of aliphatic hydroxyl groups is 1. The fourth-order valence-electron chi connectivity index (χ4n) is 1.33. The van der Waals surface area contributed by atoms with Gasteiger partial charge in [-0.15, -0.1) is 0 Å². The second-order valence-corrected chi connectivity index (χ2v) is 3.05. The van der Waals surface area contributed by atoms with Crippen LogP contribution in [-0.4, -0.2) is 23.8 Å². The Balaban J connectivity index is 0.000000531. The topological polar surface area (TPSA) is 52.9 Å². The lowest BCUT2D eigenvalue weighted by molar-refractivity contribution is -0.116. The summed E-state index contributed by atoms with van der Waals surface area (Å²) in [6.45, 7) is 1.86. The minimum Gasteiger partial charge on any atom is -0.400 e. The smallest absolute Gasteiger partial charge is 0.253 e. The highest BCUT2D eigenvalue weighted by molar-refractivity contribution is 6.12. The lowest BCUT2D eigenvalue weighted by atomic mass is 10.3. The van der Waals surface area contributed by atoms with Gasteiger partial charge in [0.2, 0.25) is 0 Å². The van der Waals surface area contributed by atoms with E-state index in [2.05, 4.69) is 5.10 Å². The van der Waals surface area contributed by atoms with Crippen LogP contribution in [0.1, 0.15) is 13.3 Å². The minimum atomic E-state index is 0.0451. The normalized spacial score (nSPS) is 14.5. The third kappa shape index (κ3) is 2.63. The standard InChI is InChI=1S/C10H10N2O.CH4O/c1-8-7-10(13)12(11-8)9-5-3-2-4-6-9;1-2/h2-6H,7H2,1H3;2H,1H3. The van der Waals surface area contributed by atoms with Crippen molar-refractivity contribution in [1.82, 2.24) is 0 Å². The molecule has 0 saturated carbocycles. The Kier molecular flexibility index (Phi) is 4.00. The summed E-state index contributed by atoms with van der Waals surface area (Å²) in [5.41, 5.74) is 1.71. The molecular weight excluding hydrogens is 192 g/mol. The lowest BCUT2D eigenvalue weighted by Crippen LogP contribution is -2.19. The molecule has 1 amide bonds. The van der Waals surface area contributed by atoms with Crippen molar-refractivity contribution in [1.29, 1.82) is 0 Å². The zero-order valence-electron chi connectivity index (χ0n) is 8.84. The molecule has 1 aromatic carbocycles. The number of rotatable bonds is 1. The summed E-state index contributed by atoms with van der Waals surface area (Å²) in [4.78, 5) is 11.4. The maximum atomic E-state index is 11.4. The molecule has 4 nitrogen and oxygen atoms in total. The van der Waals surface area contributed by atoms with Gasteiger partial charge in [-0.25, -0.2) is 5.01 Å². The number of amides is 1. The third-order valence-corrected chi connectivity index (χ3v) is 1.91. The van der Waals surface area contributed by atoms with E-state index >= 15 is 0 Å². The summed E-state index contributed by atoms with van der Waals surface area (Å²) >= 11 is 0. The number of hydrogen-bond acceptors (Lipinski definition) is 3. The molecule has 1 N–H and O–H groups in total. The number of anilines is 1. The van der Waals surface area contributed by atoms with Crippen molar-refractivity contribution >= 4 is 17.3 Å². The number of carbonyl (C=O) groups is 1. The van der Waals surface area contributed by atoms with Crippen molar-refractivity contribution in [3.8, 4) is 0 Å². The van der Waals surface area contributed by atoms with E-state index in [1.807, 2.05) is 37.3 Å². The van der Waals surface area contributed by atoms with E-state index in [1.165, 1.54) is 5.01 Å². The van der Waals surface area contributed by atoms with Gasteiger partial charge in [-0.3, -0.25) is 4.79 Å². The van der Waals surface area contributed by atoms with Crippen molar-refractivity contribution in [2.45, 2.75) is 13.3 Å². The SMILES string of the molecule is CC1=NN(c2ccccc2)C(=O)C1.CO. The molecule has 0 radical (unpaired) electrons. The van der Waals surface area contributed by atoms with Gasteiger partial charge in [0.15, 0.2) is 0 Å². The van der Waals surface area contributed by atoms with E-state index in [4.69, 9.17) is 5.11 Å². The molecule has 0 aromatic heterocycles. The van der Waals surface area contributed by atoms with Crippen molar-refractivity contribution in [2.24, 2.45) is 5.10 Å². The zero-order chi connectivity index (χ0) is 11.3. The van der Waals surface area contributed by atoms with Crippen molar-refractivity contribution < 1.29 is 9.90 Å². The fraction of sp³-hybridized carbons (Fsp3) is 0.273. The van der Waals surface area contributed by atoms with E-state index in [-0.39, 0.29) is 5.91 Å². The summed E-state index contributed by atoms with van der Waals surface area (Å²) in [7, 11) is 1.00. The monoisotopic (exact) mass is 206 g/mol. The lowest BCUT2D eigenvalue weighted by Gasteiger charge is -2.10. The zero-order valence-corrected chi connectivity index (χ0v) is 8.84. The molecule has 80 valence electrons. The van der Waals surface area contributed by atoms with Gasteiger partial charge in [0.1, 0.15) is 0 Å². The molecule has 15 heavy (non-hydrogen) atoms. The predicted octanol–water partition coefficient (Wildman–Crippen LogP) is 1.41. The molecular formula is C11H14N2O2. The maximum absolute atomic E-state index is 11.4. The van der Waals surface area contributed by atoms with Gasteiger partial charge in [-0.05, 0) is 19.1 Å². The quantitative estimate of drug-likeness (QED) is 0.755. The highest BCUT2D eigenvalue weighted by Gasteiger charge is 2.21. The van der Waals surface area contributed by atoms with Gasteiger partial charge in [-0.1, -0.05) is 18.2 Å². The van der Waals surface area contributed by atoms with Gasteiger partial charge in [0, 0.05) is 12.8 Å². The van der Waals surface area contributed by atoms with Crippen LogP contribution in [0.4, 0.5) is 5.69 Å². The number of carbonyl (C=O) groups excluding carboxylic acids is 1. The second kappa shape index (κ2) is 5.26. The average Bonchev–Trinajstić information content (AvgIpc) is 2.62. The van der Waals surface area contributed by atoms with Crippen LogP contribution in [0, 0.1) is 0 Å². The van der Waals surface area contributed by atoms with Gasteiger partial charge in [-0.2, -0.15) is 5.10 Å². The van der Waals surface area contributed by atoms with Crippen LogP contribution in [0.2, 0.25) is 0 Å². The Hall–Kier alpha value is -1.68. The first-order valence-electron chi connectivity index (χ1n) is 4.64. The average molecular weight is 206 g/mol. The Morgan fingerprint density at radius 3 is 2.33 bits per heavy atom. The number of para-hydroxylation sites is 1. The third-order valence-electron chi connectivity index (χ3n) is 1.91. The number of nitrogens with zero attached hydrogens (tertiary/aromatic N) is 2. The Morgan fingerprint density at radius 1 is 1.27 bits per heavy atom. The van der Waals surface area contributed by atoms with Crippen LogP contribution in [-0.2, 0) is 4.79 Å². The van der Waals surface area contributed by atoms with Crippen molar-refractivity contribution in [3.05, 3.63) is 30.3 Å². The molecule has 0 atom stereocenters. The molecule has 4 heteroatoms. The van der Waals surface area contributed by atoms with Gasteiger partial charge >= 0.3 is 0 Å². The molecule has 0 aliphatic carbocycles. The summed E-state index contributed by atoms with van der Waals surface area (Å²) < 4.78 is 0. The van der Waals surface area contributed by atoms with E-state index in [0.717, 1.165) is 18.5 Å². The summed E-state index contributed by atoms with van der Waals surface area (Å²) in [5.74, 6) is 0.0451. The molecule has 0 fully saturated rings. The van der Waals surface area contributed by atoms with Gasteiger partial charge in [0.05, 0.1) is 12.1 Å². The highest BCUT2D eigenvalue weighted by Crippen LogP contribution is 2.19. The molecule has 1 aromatic rings. The fourth-order valence-corrected chi connectivity index (χ4v) is 1.33. The summed E-state index contributed by atoms with van der Waals surface area (Å²) in [6, 6.07) is 9.46. The molecule has 1 aliphatic heterocycles. The van der Waals surface area contributed by atoms with Crippen LogP contribution in [0.25, 0.3) is 0 Å². The first kappa shape index (κ1) is 11.4. The first-order chi connectivity index (χ1) is 7.27. The molecule has 0 bridgehead atoms. The van der Waals surface area contributed by atoms with Crippen LogP contribution < -0.4 is 5.01 Å². The van der Waals surface area contributed by atoms with Gasteiger partial charge in [0.25, 0.3) is 5.91 Å². The number of hydrazone groups is 1. The van der Waals surface area contributed by atoms with Crippen molar-refractivity contribution in [3.63, 3.8) is 0 Å². The Bertz CT molecular complexity index is 360. The van der Waals surface area contributed by atoms with E-state index in [1.54, 1.807) is 0 Å². The molecule has 1 aliphatic rings. The van der Waals surface area contributed by atoms with Crippen LogP contribution in [0.3, 0.4) is 0 Å². The van der Waals surface area contributed by atoms with Crippen LogP contribution >= 0.6 is 0 Å². The number of hydrogen-bond donors (Lipinski definition) is 1. The molecule has 0 saturated heterocycles. The minimum absolute atomic E-state index is 0.0451. The van der Waals surface area contributed by atoms with Gasteiger partial charge < -0.3 is 5.11 Å². The highest BCUT2D eigenvalue weighted by atomic mass is 16.2. The Morgan fingerprint density at radius 2 is 1.87 bits per heavy atom. The van der Waals surface area contributed by atoms with Crippen LogP contribution in [0.5, 0.6) is 0 Å². The van der Waals surface area contributed by atoms with Crippen LogP contribution in [0.15, 0.2) is 35.4 Å². The largest absolute Gasteiger partial charge is 0.400 e. The summed E-state index contributed by atoms with van der Waals surface area (Å²) in [6.07, 6.45) is 0.439. The van der Waals surface area contributed by atoms with E-state index in [0.29, 0.717) is 6.42 Å². The molecule has 2 rings (SSSR count). The second-order valence-electron chi connectivity index (χ2n) is 3.05. The van der Waals surface area contributed by atoms with E-state index < -0.39 is 0 Å². The van der Waals surface area contributed by atoms with E-state index in [9.17, 15) is 4.79 Å². The maximum Gasteiger partial charge on any atom is 0.253 e. The van der Waals surface area contributed by atoms with Crippen molar-refractivity contribution in [2.75, 3.05) is 12.1 Å². The molecule has 0 unspecified atom stereocenters. The number of benzene rings is 1. The summed E-state index contributed by atoms with van der Waals surface area (Å²) in [5, 5.41) is 12.6. The Labute approximate surface area is 88.8 Å². The molecule has 1 heterocycles. The predicted molar refractivity (Wildman–Crippen MR) is 59.8 cm³/mol. The molecule has 0 spiro atoms. The number of aliphatic hydroxyl groups excluding tert-OH is 1. The first-order valence-corrected chi connectivity index (χ1v) is 4.64.